The standard InChI is InChI=1S/C36H44N2O4/c1-8-14-38-27-17-35(4,5)19-29(39)33(27)32(34-28(38)18-36(6,7)20-30(34)40)24-10-9-11-26(16-24)42-21-31(41)37-25-13-12-22(2)23(3)15-25/h9-13,15-16,32H,8,14,17-21H2,1-7H3,(H,37,41). The predicted molar refractivity (Wildman–Crippen MR) is 166 cm³/mol. The fraction of sp³-hybridized carbons (Fsp3) is 0.472. The van der Waals surface area contributed by atoms with Crippen molar-refractivity contribution in [2.75, 3.05) is 18.5 Å². The van der Waals surface area contributed by atoms with Crippen LogP contribution in [0.4, 0.5) is 5.69 Å². The fourth-order valence-corrected chi connectivity index (χ4v) is 6.82. The molecule has 0 saturated heterocycles. The van der Waals surface area contributed by atoms with Crippen molar-refractivity contribution in [3.8, 4) is 5.75 Å². The molecular weight excluding hydrogens is 524 g/mol. The number of nitrogens with one attached hydrogen (secondary N) is 1. The van der Waals surface area contributed by atoms with Crippen LogP contribution in [0.1, 0.15) is 89.3 Å². The first-order valence-corrected chi connectivity index (χ1v) is 15.2. The van der Waals surface area contributed by atoms with Crippen molar-refractivity contribution in [2.24, 2.45) is 10.8 Å². The first-order chi connectivity index (χ1) is 19.8. The minimum Gasteiger partial charge on any atom is -0.484 e. The molecule has 2 aromatic rings. The van der Waals surface area contributed by atoms with Gasteiger partial charge in [0.15, 0.2) is 18.2 Å². The Bertz CT molecular complexity index is 1460. The molecule has 42 heavy (non-hydrogen) atoms. The van der Waals surface area contributed by atoms with Crippen LogP contribution in [0.3, 0.4) is 0 Å². The minimum atomic E-state index is -0.428. The normalized spacial score (nSPS) is 19.9. The lowest BCUT2D eigenvalue weighted by Gasteiger charge is -2.49. The molecule has 6 heteroatoms. The van der Waals surface area contributed by atoms with Crippen molar-refractivity contribution in [1.29, 1.82) is 0 Å². The number of nitrogens with zero attached hydrogens (tertiary/aromatic N) is 1. The lowest BCUT2D eigenvalue weighted by atomic mass is 9.63. The third kappa shape index (κ3) is 5.95. The number of amides is 1. The zero-order valence-corrected chi connectivity index (χ0v) is 26.1. The largest absolute Gasteiger partial charge is 0.484 e. The van der Waals surface area contributed by atoms with Crippen molar-refractivity contribution in [2.45, 2.75) is 86.5 Å². The van der Waals surface area contributed by atoms with E-state index in [9.17, 15) is 14.4 Å². The van der Waals surface area contributed by atoms with E-state index in [0.717, 1.165) is 70.7 Å². The maximum atomic E-state index is 13.9. The molecule has 1 heterocycles. The molecule has 222 valence electrons. The van der Waals surface area contributed by atoms with Gasteiger partial charge in [-0.05, 0) is 84.9 Å². The van der Waals surface area contributed by atoms with Gasteiger partial charge in [0.1, 0.15) is 5.75 Å². The van der Waals surface area contributed by atoms with Crippen LogP contribution in [0.2, 0.25) is 0 Å². The second-order valence-corrected chi connectivity index (χ2v) is 13.9. The average Bonchev–Trinajstić information content (AvgIpc) is 2.89. The van der Waals surface area contributed by atoms with Crippen LogP contribution in [0.15, 0.2) is 65.0 Å². The number of ether oxygens (including phenoxy) is 1. The van der Waals surface area contributed by atoms with E-state index in [4.69, 9.17) is 4.74 Å². The van der Waals surface area contributed by atoms with Crippen molar-refractivity contribution in [3.63, 3.8) is 0 Å². The molecule has 0 aromatic heterocycles. The molecule has 6 nitrogen and oxygen atoms in total. The number of hydrogen-bond donors (Lipinski definition) is 1. The van der Waals surface area contributed by atoms with E-state index in [-0.39, 0.29) is 34.9 Å². The van der Waals surface area contributed by atoms with Gasteiger partial charge < -0.3 is 15.0 Å². The van der Waals surface area contributed by atoms with Gasteiger partial charge in [-0.15, -0.1) is 0 Å². The number of benzene rings is 2. The summed E-state index contributed by atoms with van der Waals surface area (Å²) in [5, 5.41) is 2.90. The molecule has 2 aliphatic carbocycles. The van der Waals surface area contributed by atoms with E-state index < -0.39 is 5.92 Å². The summed E-state index contributed by atoms with van der Waals surface area (Å²) in [5.41, 5.74) is 7.25. The summed E-state index contributed by atoms with van der Waals surface area (Å²) in [4.78, 5) is 42.8. The maximum absolute atomic E-state index is 13.9. The van der Waals surface area contributed by atoms with Crippen LogP contribution in [0, 0.1) is 24.7 Å². The van der Waals surface area contributed by atoms with E-state index in [1.54, 1.807) is 0 Å². The van der Waals surface area contributed by atoms with Crippen molar-refractivity contribution >= 4 is 23.2 Å². The first kappa shape index (κ1) is 29.8. The summed E-state index contributed by atoms with van der Waals surface area (Å²) >= 11 is 0. The molecule has 1 aliphatic heterocycles. The van der Waals surface area contributed by atoms with Crippen LogP contribution >= 0.6 is 0 Å². The fourth-order valence-electron chi connectivity index (χ4n) is 6.82. The van der Waals surface area contributed by atoms with E-state index in [2.05, 4.69) is 44.8 Å². The highest BCUT2D eigenvalue weighted by atomic mass is 16.5. The van der Waals surface area contributed by atoms with Gasteiger partial charge >= 0.3 is 0 Å². The van der Waals surface area contributed by atoms with Crippen LogP contribution in [0.25, 0.3) is 0 Å². The first-order valence-electron chi connectivity index (χ1n) is 15.2. The molecule has 5 rings (SSSR count). The van der Waals surface area contributed by atoms with Gasteiger partial charge in [0.2, 0.25) is 0 Å². The highest BCUT2D eigenvalue weighted by molar-refractivity contribution is 6.06. The van der Waals surface area contributed by atoms with Crippen LogP contribution in [-0.4, -0.2) is 35.5 Å². The Morgan fingerprint density at radius 2 is 1.50 bits per heavy atom. The minimum absolute atomic E-state index is 0.121. The number of Topliss-reactive ketones (excluding diaryl/α,β-unsaturated/α-hetero) is 2. The highest BCUT2D eigenvalue weighted by Crippen LogP contribution is 2.54. The summed E-state index contributed by atoms with van der Waals surface area (Å²) in [7, 11) is 0. The number of hydrogen-bond acceptors (Lipinski definition) is 5. The van der Waals surface area contributed by atoms with Gasteiger partial charge in [-0.3, -0.25) is 14.4 Å². The van der Waals surface area contributed by atoms with Gasteiger partial charge in [0.05, 0.1) is 0 Å². The maximum Gasteiger partial charge on any atom is 0.262 e. The Morgan fingerprint density at radius 1 is 0.881 bits per heavy atom. The Morgan fingerprint density at radius 3 is 2.07 bits per heavy atom. The van der Waals surface area contributed by atoms with E-state index in [1.807, 2.05) is 56.3 Å². The van der Waals surface area contributed by atoms with Gasteiger partial charge in [-0.1, -0.05) is 52.8 Å². The lowest BCUT2D eigenvalue weighted by Crippen LogP contribution is -2.44. The van der Waals surface area contributed by atoms with Gasteiger partial charge in [-0.2, -0.15) is 0 Å². The van der Waals surface area contributed by atoms with Crippen molar-refractivity contribution in [1.82, 2.24) is 4.90 Å². The monoisotopic (exact) mass is 568 g/mol. The van der Waals surface area contributed by atoms with E-state index in [0.29, 0.717) is 18.6 Å². The molecule has 0 fully saturated rings. The third-order valence-corrected chi connectivity index (χ3v) is 8.82. The second-order valence-electron chi connectivity index (χ2n) is 13.9. The molecule has 1 N–H and O–H groups in total. The molecule has 0 unspecified atom stereocenters. The van der Waals surface area contributed by atoms with Crippen LogP contribution in [0.5, 0.6) is 5.75 Å². The smallest absolute Gasteiger partial charge is 0.262 e. The number of allylic oxidation sites excluding steroid dienone is 4. The summed E-state index contributed by atoms with van der Waals surface area (Å²) in [6.07, 6.45) is 3.43. The SMILES string of the molecule is CCCN1C2=C(C(=O)CC(C)(C)C2)C(c2cccc(OCC(=O)Nc3ccc(C)c(C)c3)c2)C2=C1CC(C)(C)CC2=O. The predicted octanol–water partition coefficient (Wildman–Crippen LogP) is 7.42. The average molecular weight is 569 g/mol. The molecule has 0 spiro atoms. The molecule has 0 atom stereocenters. The number of ketones is 2. The van der Waals surface area contributed by atoms with E-state index >= 15 is 0 Å². The quantitative estimate of drug-likeness (QED) is 0.376. The van der Waals surface area contributed by atoms with Crippen molar-refractivity contribution in [3.05, 3.63) is 81.7 Å². The number of rotatable bonds is 7. The van der Waals surface area contributed by atoms with Crippen LogP contribution < -0.4 is 10.1 Å². The molecule has 2 aromatic carbocycles. The summed E-state index contributed by atoms with van der Waals surface area (Å²) in [6.45, 7) is 15.5. The molecule has 0 saturated carbocycles. The Kier molecular flexibility index (Phi) is 7.95. The zero-order valence-electron chi connectivity index (χ0n) is 26.1. The molecule has 1 amide bonds. The molecular formula is C36H44N2O4. The number of carbonyl (C=O) groups excluding carboxylic acids is 3. The number of anilines is 1. The lowest BCUT2D eigenvalue weighted by molar-refractivity contribution is -0.120. The van der Waals surface area contributed by atoms with Gasteiger partial charge in [0.25, 0.3) is 5.91 Å². The summed E-state index contributed by atoms with van der Waals surface area (Å²) in [5.74, 6) is 0.102. The van der Waals surface area contributed by atoms with Crippen LogP contribution in [-0.2, 0) is 14.4 Å². The summed E-state index contributed by atoms with van der Waals surface area (Å²) in [6, 6.07) is 13.4. The molecule has 0 radical (unpaired) electrons. The Labute approximate surface area is 250 Å². The highest BCUT2D eigenvalue weighted by Gasteiger charge is 2.48. The molecule has 0 bridgehead atoms. The topological polar surface area (TPSA) is 75.7 Å². The second kappa shape index (κ2) is 11.2. The van der Waals surface area contributed by atoms with Gasteiger partial charge in [-0.25, -0.2) is 0 Å². The summed E-state index contributed by atoms with van der Waals surface area (Å²) < 4.78 is 5.95. The molecule has 3 aliphatic rings. The Hall–Kier alpha value is -3.67. The Balaban J connectivity index is 1.49. The zero-order chi connectivity index (χ0) is 30.4. The number of carbonyl (C=O) groups is 3. The van der Waals surface area contributed by atoms with Gasteiger partial charge in [0, 0.05) is 53.5 Å². The van der Waals surface area contributed by atoms with E-state index in [1.165, 1.54) is 0 Å². The third-order valence-electron chi connectivity index (χ3n) is 8.82. The van der Waals surface area contributed by atoms with Crippen molar-refractivity contribution < 1.29 is 19.1 Å². The number of aryl methyl sites for hydroxylation is 2.